The van der Waals surface area contributed by atoms with Crippen molar-refractivity contribution in [3.8, 4) is 5.82 Å². The molecule has 1 N–H and O–H groups in total. The Morgan fingerprint density at radius 2 is 2.00 bits per heavy atom. The second kappa shape index (κ2) is 7.16. The highest BCUT2D eigenvalue weighted by atomic mass is 32.1. The number of anilines is 2. The first kappa shape index (κ1) is 16.6. The zero-order valence-corrected chi connectivity index (χ0v) is 15.1. The summed E-state index contributed by atoms with van der Waals surface area (Å²) in [5.41, 5.74) is 0.923. The average molecular weight is 370 g/mol. The minimum Gasteiger partial charge on any atom is -0.356 e. The van der Waals surface area contributed by atoms with E-state index in [-0.39, 0.29) is 11.8 Å². The minimum absolute atomic E-state index is 0.00489. The number of carbonyl (C=O) groups excluding carboxylic acids is 1. The molecule has 3 aromatic rings. The van der Waals surface area contributed by atoms with E-state index in [0.717, 1.165) is 42.4 Å². The van der Waals surface area contributed by atoms with Crippen LogP contribution in [0.15, 0.2) is 31.1 Å². The van der Waals surface area contributed by atoms with Gasteiger partial charge in [0.2, 0.25) is 5.91 Å². The largest absolute Gasteiger partial charge is 0.356 e. The quantitative estimate of drug-likeness (QED) is 0.745. The van der Waals surface area contributed by atoms with Gasteiger partial charge in [-0.05, 0) is 37.4 Å². The Bertz CT molecular complexity index is 885. The van der Waals surface area contributed by atoms with Gasteiger partial charge >= 0.3 is 0 Å². The smallest absolute Gasteiger partial charge is 0.228 e. The lowest BCUT2D eigenvalue weighted by molar-refractivity contribution is -0.120. The highest BCUT2D eigenvalue weighted by Gasteiger charge is 2.26. The summed E-state index contributed by atoms with van der Waals surface area (Å²) in [5, 5.41) is 7.87. The molecule has 3 aromatic heterocycles. The fourth-order valence-corrected chi connectivity index (χ4v) is 3.64. The lowest BCUT2D eigenvalue weighted by Crippen LogP contribution is -2.38. The molecule has 4 heterocycles. The van der Waals surface area contributed by atoms with Crippen molar-refractivity contribution >= 4 is 28.3 Å². The molecule has 0 aliphatic carbocycles. The molecule has 9 nitrogen and oxygen atoms in total. The van der Waals surface area contributed by atoms with E-state index in [4.69, 9.17) is 0 Å². The van der Waals surface area contributed by atoms with Crippen molar-refractivity contribution < 1.29 is 4.79 Å². The molecule has 4 rings (SSSR count). The van der Waals surface area contributed by atoms with Crippen molar-refractivity contribution in [2.24, 2.45) is 5.92 Å². The van der Waals surface area contributed by atoms with Gasteiger partial charge in [0.1, 0.15) is 29.8 Å². The van der Waals surface area contributed by atoms with Crippen LogP contribution in [0.3, 0.4) is 0 Å². The van der Waals surface area contributed by atoms with Crippen LogP contribution in [0.2, 0.25) is 0 Å². The molecule has 0 saturated carbocycles. The second-order valence-electron chi connectivity index (χ2n) is 6.16. The van der Waals surface area contributed by atoms with Crippen molar-refractivity contribution in [2.45, 2.75) is 19.8 Å². The van der Waals surface area contributed by atoms with Gasteiger partial charge in [-0.25, -0.2) is 19.6 Å². The van der Waals surface area contributed by atoms with Crippen LogP contribution in [0.1, 0.15) is 18.5 Å². The van der Waals surface area contributed by atoms with Gasteiger partial charge in [0, 0.05) is 25.1 Å². The van der Waals surface area contributed by atoms with Crippen LogP contribution in [0.5, 0.6) is 0 Å². The third-order valence-corrected chi connectivity index (χ3v) is 5.15. The fourth-order valence-electron chi connectivity index (χ4n) is 2.98. The molecule has 0 unspecified atom stereocenters. The summed E-state index contributed by atoms with van der Waals surface area (Å²) >= 11 is 1.32. The number of amides is 1. The highest BCUT2D eigenvalue weighted by Crippen LogP contribution is 2.24. The highest BCUT2D eigenvalue weighted by molar-refractivity contribution is 7.10. The summed E-state index contributed by atoms with van der Waals surface area (Å²) in [6.07, 6.45) is 6.16. The van der Waals surface area contributed by atoms with E-state index in [9.17, 15) is 4.79 Å². The zero-order chi connectivity index (χ0) is 17.9. The molecule has 1 saturated heterocycles. The number of hydrogen-bond acceptors (Lipinski definition) is 8. The number of hydrogen-bond donors (Lipinski definition) is 1. The maximum Gasteiger partial charge on any atom is 0.228 e. The van der Waals surface area contributed by atoms with E-state index in [0.29, 0.717) is 5.82 Å². The average Bonchev–Trinajstić information content (AvgIpc) is 3.34. The van der Waals surface area contributed by atoms with Gasteiger partial charge in [-0.3, -0.25) is 4.79 Å². The van der Waals surface area contributed by atoms with E-state index in [1.54, 1.807) is 11.0 Å². The number of aryl methyl sites for hydroxylation is 1. The molecule has 26 heavy (non-hydrogen) atoms. The van der Waals surface area contributed by atoms with Crippen LogP contribution in [0.25, 0.3) is 5.82 Å². The fraction of sp³-hybridized carbons (Fsp3) is 0.375. The Kier molecular flexibility index (Phi) is 4.57. The monoisotopic (exact) mass is 370 g/mol. The molecule has 0 radical (unpaired) electrons. The summed E-state index contributed by atoms with van der Waals surface area (Å²) in [4.78, 5) is 27.1. The number of carbonyl (C=O) groups is 1. The van der Waals surface area contributed by atoms with Crippen LogP contribution in [-0.2, 0) is 4.79 Å². The van der Waals surface area contributed by atoms with Crippen LogP contribution in [0.4, 0.5) is 10.8 Å². The number of nitrogens with zero attached hydrogens (tertiary/aromatic N) is 7. The molecule has 0 atom stereocenters. The molecule has 0 aromatic carbocycles. The molecule has 10 heteroatoms. The van der Waals surface area contributed by atoms with E-state index < -0.39 is 0 Å². The summed E-state index contributed by atoms with van der Waals surface area (Å²) in [6, 6.07) is 3.78. The molecule has 134 valence electrons. The minimum atomic E-state index is 0.00489. The molecular weight excluding hydrogens is 352 g/mol. The van der Waals surface area contributed by atoms with E-state index >= 15 is 0 Å². The lowest BCUT2D eigenvalue weighted by atomic mass is 9.96. The Labute approximate surface area is 154 Å². The van der Waals surface area contributed by atoms with Crippen molar-refractivity contribution in [3.05, 3.63) is 36.8 Å². The van der Waals surface area contributed by atoms with Crippen molar-refractivity contribution in [1.82, 2.24) is 29.1 Å². The number of rotatable bonds is 4. The summed E-state index contributed by atoms with van der Waals surface area (Å²) in [5.74, 6) is 1.58. The topological polar surface area (TPSA) is 102 Å². The van der Waals surface area contributed by atoms with Gasteiger partial charge in [-0.15, -0.1) is 0 Å². The van der Waals surface area contributed by atoms with E-state index in [1.807, 2.05) is 19.1 Å². The first-order valence-corrected chi connectivity index (χ1v) is 9.12. The van der Waals surface area contributed by atoms with Gasteiger partial charge < -0.3 is 10.2 Å². The number of nitrogens with one attached hydrogen (secondary N) is 1. The molecule has 0 spiro atoms. The molecule has 0 bridgehead atoms. The molecule has 1 fully saturated rings. The first-order valence-electron chi connectivity index (χ1n) is 8.35. The lowest BCUT2D eigenvalue weighted by Gasteiger charge is -2.32. The van der Waals surface area contributed by atoms with E-state index in [1.165, 1.54) is 24.2 Å². The van der Waals surface area contributed by atoms with Crippen molar-refractivity contribution in [1.29, 1.82) is 0 Å². The predicted molar refractivity (Wildman–Crippen MR) is 97.4 cm³/mol. The van der Waals surface area contributed by atoms with Crippen LogP contribution >= 0.6 is 11.5 Å². The Morgan fingerprint density at radius 1 is 1.19 bits per heavy atom. The van der Waals surface area contributed by atoms with Crippen LogP contribution in [0, 0.1) is 12.8 Å². The summed E-state index contributed by atoms with van der Waals surface area (Å²) in [7, 11) is 0. The van der Waals surface area contributed by atoms with E-state index in [2.05, 4.69) is 34.6 Å². The predicted octanol–water partition coefficient (Wildman–Crippen LogP) is 1.68. The summed E-state index contributed by atoms with van der Waals surface area (Å²) < 4.78 is 5.79. The van der Waals surface area contributed by atoms with Gasteiger partial charge in [-0.1, -0.05) is 0 Å². The third-order valence-electron chi connectivity index (χ3n) is 4.36. The van der Waals surface area contributed by atoms with Crippen molar-refractivity contribution in [2.75, 3.05) is 23.3 Å². The van der Waals surface area contributed by atoms with Gasteiger partial charge in [0.25, 0.3) is 0 Å². The summed E-state index contributed by atoms with van der Waals surface area (Å²) in [6.45, 7) is 3.46. The maximum absolute atomic E-state index is 12.4. The molecule has 1 amide bonds. The van der Waals surface area contributed by atoms with Crippen LogP contribution in [-0.4, -0.2) is 48.1 Å². The number of piperidine rings is 1. The number of aromatic nitrogens is 6. The SMILES string of the molecule is Cc1cc(NC(=O)C2CCN(c3cc(-n4cncn4)ncn3)CC2)sn1. The molecular formula is C16H18N8OS. The van der Waals surface area contributed by atoms with Gasteiger partial charge in [-0.2, -0.15) is 9.47 Å². The third kappa shape index (κ3) is 3.54. The normalized spacial score (nSPS) is 15.2. The van der Waals surface area contributed by atoms with Gasteiger partial charge in [0.05, 0.1) is 5.69 Å². The molecule has 1 aliphatic heterocycles. The van der Waals surface area contributed by atoms with Crippen LogP contribution < -0.4 is 10.2 Å². The Morgan fingerprint density at radius 3 is 2.69 bits per heavy atom. The second-order valence-corrected chi connectivity index (χ2v) is 6.96. The maximum atomic E-state index is 12.4. The first-order chi connectivity index (χ1) is 12.7. The Hall–Kier alpha value is -2.88. The standard InChI is InChI=1S/C16H18N8OS/c1-11-6-15(26-22-11)21-16(25)12-2-4-23(5-3-12)13-7-14(19-9-18-13)24-10-17-8-20-24/h6-10,12H,2-5H2,1H3,(H,21,25). The Balaban J connectivity index is 1.37. The molecule has 1 aliphatic rings. The van der Waals surface area contributed by atoms with Crippen molar-refractivity contribution in [3.63, 3.8) is 0 Å². The van der Waals surface area contributed by atoms with Gasteiger partial charge in [0.15, 0.2) is 5.82 Å². The zero-order valence-electron chi connectivity index (χ0n) is 14.2.